The average Bonchev–Trinajstić information content (AvgIpc) is 2.03. The molecule has 1 amide bonds. The topological polar surface area (TPSA) is 52.3 Å². The van der Waals surface area contributed by atoms with Gasteiger partial charge in [-0.3, -0.25) is 4.79 Å². The first-order valence-corrected chi connectivity index (χ1v) is 3.84. The summed E-state index contributed by atoms with van der Waals surface area (Å²) in [6, 6.07) is 0. The lowest BCUT2D eigenvalue weighted by molar-refractivity contribution is -0.238. The Balaban J connectivity index is 2.93. The molecule has 0 atom stereocenters. The molecule has 1 aliphatic rings. The molecule has 0 aliphatic carbocycles. The molecule has 1 fully saturated rings. The second-order valence-corrected chi connectivity index (χ2v) is 3.06. The van der Waals surface area contributed by atoms with Crippen molar-refractivity contribution in [3.63, 3.8) is 0 Å². The number of primary amides is 1. The van der Waals surface area contributed by atoms with Crippen molar-refractivity contribution < 1.29 is 22.7 Å². The van der Waals surface area contributed by atoms with Crippen LogP contribution in [0.1, 0.15) is 12.8 Å². The summed E-state index contributed by atoms with van der Waals surface area (Å²) in [6.45, 7) is -0.134. The van der Waals surface area contributed by atoms with E-state index in [1.807, 2.05) is 0 Å². The van der Waals surface area contributed by atoms with Crippen LogP contribution in [0, 0.1) is 5.41 Å². The van der Waals surface area contributed by atoms with E-state index in [2.05, 4.69) is 0 Å². The molecule has 0 aromatic heterocycles. The molecule has 13 heavy (non-hydrogen) atoms. The van der Waals surface area contributed by atoms with Crippen LogP contribution in [0.2, 0.25) is 0 Å². The maximum Gasteiger partial charge on any atom is 0.403 e. The highest BCUT2D eigenvalue weighted by Gasteiger charge is 2.59. The maximum atomic E-state index is 12.5. The van der Waals surface area contributed by atoms with E-state index >= 15 is 0 Å². The van der Waals surface area contributed by atoms with Gasteiger partial charge in [0.2, 0.25) is 5.91 Å². The van der Waals surface area contributed by atoms with Crippen LogP contribution in [0.5, 0.6) is 0 Å². The molecule has 0 saturated carbocycles. The van der Waals surface area contributed by atoms with Gasteiger partial charge in [-0.1, -0.05) is 0 Å². The summed E-state index contributed by atoms with van der Waals surface area (Å²) in [5, 5.41) is 0. The average molecular weight is 197 g/mol. The predicted octanol–water partition coefficient (Wildman–Crippen LogP) is 0.831. The second-order valence-electron chi connectivity index (χ2n) is 3.06. The predicted molar refractivity (Wildman–Crippen MR) is 37.7 cm³/mol. The Kier molecular flexibility index (Phi) is 2.51. The number of carbonyl (C=O) groups is 1. The van der Waals surface area contributed by atoms with Gasteiger partial charge in [0.25, 0.3) is 0 Å². The summed E-state index contributed by atoms with van der Waals surface area (Å²) >= 11 is 0. The van der Waals surface area contributed by atoms with Gasteiger partial charge in [0, 0.05) is 13.2 Å². The van der Waals surface area contributed by atoms with Crippen molar-refractivity contribution in [3.8, 4) is 0 Å². The molecule has 76 valence electrons. The van der Waals surface area contributed by atoms with E-state index in [-0.39, 0.29) is 26.1 Å². The van der Waals surface area contributed by atoms with E-state index < -0.39 is 17.5 Å². The molecule has 6 heteroatoms. The zero-order valence-corrected chi connectivity index (χ0v) is 6.86. The smallest absolute Gasteiger partial charge is 0.381 e. The third kappa shape index (κ3) is 1.63. The number of nitrogens with two attached hydrogens (primary N) is 1. The van der Waals surface area contributed by atoms with Crippen LogP contribution in [0.3, 0.4) is 0 Å². The zero-order chi connectivity index (χ0) is 10.1. The molecule has 0 radical (unpaired) electrons. The van der Waals surface area contributed by atoms with Gasteiger partial charge in [0.1, 0.15) is 5.41 Å². The first kappa shape index (κ1) is 10.3. The molecular weight excluding hydrogens is 187 g/mol. The highest BCUT2D eigenvalue weighted by molar-refractivity contribution is 5.81. The number of amides is 1. The van der Waals surface area contributed by atoms with E-state index in [9.17, 15) is 18.0 Å². The van der Waals surface area contributed by atoms with Crippen molar-refractivity contribution >= 4 is 5.91 Å². The first-order chi connectivity index (χ1) is 5.90. The SMILES string of the molecule is NC(=O)C1(C(F)(F)F)CCOCC1. The summed E-state index contributed by atoms with van der Waals surface area (Å²) in [5.74, 6) is -1.30. The molecular formula is C7H10F3NO2. The van der Waals surface area contributed by atoms with Gasteiger partial charge in [-0.05, 0) is 12.8 Å². The van der Waals surface area contributed by atoms with Crippen molar-refractivity contribution in [2.24, 2.45) is 11.1 Å². The Morgan fingerprint density at radius 3 is 2.00 bits per heavy atom. The van der Waals surface area contributed by atoms with Crippen LogP contribution in [0.25, 0.3) is 0 Å². The Hall–Kier alpha value is -0.780. The Bertz CT molecular complexity index is 208. The monoisotopic (exact) mass is 197 g/mol. The lowest BCUT2D eigenvalue weighted by atomic mass is 9.79. The summed E-state index contributed by atoms with van der Waals surface area (Å²) < 4.78 is 42.2. The normalized spacial score (nSPS) is 22.7. The lowest BCUT2D eigenvalue weighted by Crippen LogP contribution is -2.51. The van der Waals surface area contributed by atoms with Crippen LogP contribution in [-0.2, 0) is 9.53 Å². The van der Waals surface area contributed by atoms with Crippen molar-refractivity contribution in [2.45, 2.75) is 19.0 Å². The number of hydrogen-bond acceptors (Lipinski definition) is 2. The molecule has 1 rings (SSSR count). The minimum Gasteiger partial charge on any atom is -0.381 e. The number of alkyl halides is 3. The van der Waals surface area contributed by atoms with Crippen molar-refractivity contribution in [3.05, 3.63) is 0 Å². The fraction of sp³-hybridized carbons (Fsp3) is 0.857. The zero-order valence-electron chi connectivity index (χ0n) is 6.86. The Morgan fingerprint density at radius 2 is 1.77 bits per heavy atom. The fourth-order valence-electron chi connectivity index (χ4n) is 1.39. The molecule has 0 unspecified atom stereocenters. The summed E-state index contributed by atoms with van der Waals surface area (Å²) in [5.41, 5.74) is 2.40. The minimum atomic E-state index is -4.57. The van der Waals surface area contributed by atoms with Gasteiger partial charge in [-0.25, -0.2) is 0 Å². The van der Waals surface area contributed by atoms with E-state index in [4.69, 9.17) is 10.5 Å². The van der Waals surface area contributed by atoms with Crippen molar-refractivity contribution in [2.75, 3.05) is 13.2 Å². The molecule has 3 nitrogen and oxygen atoms in total. The third-order valence-corrected chi connectivity index (χ3v) is 2.36. The molecule has 0 aromatic rings. The van der Waals surface area contributed by atoms with E-state index in [0.717, 1.165) is 0 Å². The lowest BCUT2D eigenvalue weighted by Gasteiger charge is -2.35. The van der Waals surface area contributed by atoms with Crippen LogP contribution in [0.15, 0.2) is 0 Å². The van der Waals surface area contributed by atoms with Crippen LogP contribution in [0.4, 0.5) is 13.2 Å². The van der Waals surface area contributed by atoms with Gasteiger partial charge in [0.15, 0.2) is 0 Å². The Morgan fingerprint density at radius 1 is 1.31 bits per heavy atom. The van der Waals surface area contributed by atoms with E-state index in [1.54, 1.807) is 0 Å². The van der Waals surface area contributed by atoms with Gasteiger partial charge >= 0.3 is 6.18 Å². The molecule has 0 spiro atoms. The number of ether oxygens (including phenoxy) is 1. The Labute approximate surface area is 73.0 Å². The van der Waals surface area contributed by atoms with Crippen LogP contribution in [-0.4, -0.2) is 25.3 Å². The molecule has 0 aromatic carbocycles. The highest BCUT2D eigenvalue weighted by atomic mass is 19.4. The number of halogens is 3. The summed E-state index contributed by atoms with van der Waals surface area (Å²) in [4.78, 5) is 10.8. The first-order valence-electron chi connectivity index (χ1n) is 3.84. The number of hydrogen-bond donors (Lipinski definition) is 1. The summed E-state index contributed by atoms with van der Waals surface area (Å²) in [6.07, 6.45) is -5.31. The van der Waals surface area contributed by atoms with Gasteiger partial charge < -0.3 is 10.5 Å². The maximum absolute atomic E-state index is 12.5. The van der Waals surface area contributed by atoms with Gasteiger partial charge in [-0.15, -0.1) is 0 Å². The minimum absolute atomic E-state index is 0.0670. The third-order valence-electron chi connectivity index (χ3n) is 2.36. The standard InChI is InChI=1S/C7H10F3NO2/c8-7(9,10)6(5(11)12)1-3-13-4-2-6/h1-4H2,(H2,11,12). The number of rotatable bonds is 1. The van der Waals surface area contributed by atoms with Crippen LogP contribution >= 0.6 is 0 Å². The van der Waals surface area contributed by atoms with E-state index in [0.29, 0.717) is 0 Å². The second kappa shape index (κ2) is 3.17. The van der Waals surface area contributed by atoms with Crippen molar-refractivity contribution in [1.82, 2.24) is 0 Å². The molecule has 1 heterocycles. The van der Waals surface area contributed by atoms with Gasteiger partial charge in [0.05, 0.1) is 0 Å². The fourth-order valence-corrected chi connectivity index (χ4v) is 1.39. The molecule has 1 aliphatic heterocycles. The summed E-state index contributed by atoms with van der Waals surface area (Å²) in [7, 11) is 0. The van der Waals surface area contributed by atoms with E-state index in [1.165, 1.54) is 0 Å². The molecule has 1 saturated heterocycles. The van der Waals surface area contributed by atoms with Crippen molar-refractivity contribution in [1.29, 1.82) is 0 Å². The number of carbonyl (C=O) groups excluding carboxylic acids is 1. The molecule has 0 bridgehead atoms. The van der Waals surface area contributed by atoms with Crippen LogP contribution < -0.4 is 5.73 Å². The quantitative estimate of drug-likeness (QED) is 0.676. The molecule has 2 N–H and O–H groups in total. The largest absolute Gasteiger partial charge is 0.403 e. The highest BCUT2D eigenvalue weighted by Crippen LogP contribution is 2.45. The van der Waals surface area contributed by atoms with Gasteiger partial charge in [-0.2, -0.15) is 13.2 Å².